The molecule has 0 aliphatic heterocycles. The minimum Gasteiger partial charge on any atom is -0.497 e. The molecule has 0 aliphatic carbocycles. The van der Waals surface area contributed by atoms with Crippen molar-refractivity contribution in [2.75, 3.05) is 40.4 Å². The largest absolute Gasteiger partial charge is 0.497 e. The molecule has 0 spiro atoms. The lowest BCUT2D eigenvalue weighted by molar-refractivity contribution is -0.130. The molecule has 1 amide bonds. The van der Waals surface area contributed by atoms with Crippen LogP contribution in [0.5, 0.6) is 11.5 Å². The fourth-order valence-electron chi connectivity index (χ4n) is 1.66. The van der Waals surface area contributed by atoms with Crippen molar-refractivity contribution in [3.63, 3.8) is 0 Å². The second-order valence-electron chi connectivity index (χ2n) is 4.44. The van der Waals surface area contributed by atoms with Gasteiger partial charge in [0.05, 0.1) is 13.7 Å². The summed E-state index contributed by atoms with van der Waals surface area (Å²) >= 11 is 0. The quantitative estimate of drug-likeness (QED) is 0.697. The smallest absolute Gasteiger partial charge is 0.223 e. The van der Waals surface area contributed by atoms with Crippen LogP contribution < -0.4 is 14.8 Å². The molecule has 0 heterocycles. The molecule has 1 N–H and O–H groups in total. The Labute approximate surface area is 120 Å². The fraction of sp³-hybridized carbons (Fsp3) is 0.533. The summed E-state index contributed by atoms with van der Waals surface area (Å²) in [7, 11) is 3.43. The minimum atomic E-state index is 0.129. The highest BCUT2D eigenvalue weighted by molar-refractivity contribution is 5.76. The summed E-state index contributed by atoms with van der Waals surface area (Å²) in [6.07, 6.45) is 0.521. The maximum absolute atomic E-state index is 11.8. The number of amides is 1. The highest BCUT2D eigenvalue weighted by Gasteiger charge is 2.07. The topological polar surface area (TPSA) is 50.8 Å². The highest BCUT2D eigenvalue weighted by atomic mass is 16.5. The summed E-state index contributed by atoms with van der Waals surface area (Å²) in [6, 6.07) is 7.40. The number of hydrogen-bond acceptors (Lipinski definition) is 4. The Morgan fingerprint density at radius 2 is 1.90 bits per heavy atom. The van der Waals surface area contributed by atoms with Gasteiger partial charge in [0, 0.05) is 20.0 Å². The van der Waals surface area contributed by atoms with E-state index in [1.165, 1.54) is 0 Å². The lowest BCUT2D eigenvalue weighted by atomic mass is 10.3. The predicted molar refractivity (Wildman–Crippen MR) is 79.3 cm³/mol. The van der Waals surface area contributed by atoms with E-state index in [4.69, 9.17) is 9.47 Å². The molecule has 0 aliphatic rings. The monoisotopic (exact) mass is 280 g/mol. The van der Waals surface area contributed by atoms with E-state index in [2.05, 4.69) is 5.32 Å². The van der Waals surface area contributed by atoms with Crippen LogP contribution in [0.2, 0.25) is 0 Å². The highest BCUT2D eigenvalue weighted by Crippen LogP contribution is 2.16. The van der Waals surface area contributed by atoms with Crippen LogP contribution >= 0.6 is 0 Å². The average molecular weight is 280 g/mol. The van der Waals surface area contributed by atoms with Crippen LogP contribution in [0.1, 0.15) is 13.3 Å². The van der Waals surface area contributed by atoms with E-state index in [0.717, 1.165) is 24.6 Å². The van der Waals surface area contributed by atoms with E-state index in [9.17, 15) is 4.79 Å². The van der Waals surface area contributed by atoms with Crippen molar-refractivity contribution in [2.24, 2.45) is 0 Å². The van der Waals surface area contributed by atoms with E-state index < -0.39 is 0 Å². The molecular weight excluding hydrogens is 256 g/mol. The molecule has 0 radical (unpaired) electrons. The first-order chi connectivity index (χ1) is 9.67. The SMILES string of the molecule is CCNCCC(=O)N(C)CCOc1ccc(OC)cc1. The Balaban J connectivity index is 2.23. The number of carbonyl (C=O) groups excluding carboxylic acids is 1. The number of nitrogens with zero attached hydrogens (tertiary/aromatic N) is 1. The summed E-state index contributed by atoms with van der Waals surface area (Å²) in [5.74, 6) is 1.71. The first-order valence-electron chi connectivity index (χ1n) is 6.89. The van der Waals surface area contributed by atoms with Gasteiger partial charge in [-0.3, -0.25) is 4.79 Å². The van der Waals surface area contributed by atoms with E-state index in [-0.39, 0.29) is 5.91 Å². The molecule has 0 aromatic heterocycles. The molecule has 1 rings (SSSR count). The van der Waals surface area contributed by atoms with Crippen molar-refractivity contribution in [3.05, 3.63) is 24.3 Å². The first-order valence-corrected chi connectivity index (χ1v) is 6.89. The minimum absolute atomic E-state index is 0.129. The van der Waals surface area contributed by atoms with Gasteiger partial charge in [-0.2, -0.15) is 0 Å². The molecule has 0 atom stereocenters. The van der Waals surface area contributed by atoms with Gasteiger partial charge in [-0.1, -0.05) is 6.92 Å². The van der Waals surface area contributed by atoms with Gasteiger partial charge in [-0.15, -0.1) is 0 Å². The zero-order valence-corrected chi connectivity index (χ0v) is 12.5. The predicted octanol–water partition coefficient (Wildman–Crippen LogP) is 1.53. The van der Waals surface area contributed by atoms with Crippen molar-refractivity contribution in [3.8, 4) is 11.5 Å². The average Bonchev–Trinajstić information content (AvgIpc) is 2.48. The van der Waals surface area contributed by atoms with Crippen LogP contribution in [0.4, 0.5) is 0 Å². The molecule has 0 saturated carbocycles. The Bertz CT molecular complexity index is 393. The number of nitrogens with one attached hydrogen (secondary N) is 1. The summed E-state index contributed by atoms with van der Waals surface area (Å²) < 4.78 is 10.7. The van der Waals surface area contributed by atoms with Crippen LogP contribution in [-0.4, -0.2) is 51.2 Å². The fourth-order valence-corrected chi connectivity index (χ4v) is 1.66. The number of ether oxygens (including phenoxy) is 2. The Hall–Kier alpha value is -1.75. The van der Waals surface area contributed by atoms with Crippen LogP contribution in [0, 0.1) is 0 Å². The van der Waals surface area contributed by atoms with Crippen molar-refractivity contribution in [2.45, 2.75) is 13.3 Å². The molecule has 0 fully saturated rings. The number of rotatable bonds is 9. The molecule has 1 aromatic carbocycles. The number of carbonyl (C=O) groups is 1. The lowest BCUT2D eigenvalue weighted by Gasteiger charge is -2.17. The van der Waals surface area contributed by atoms with Gasteiger partial charge < -0.3 is 19.7 Å². The number of hydrogen-bond donors (Lipinski definition) is 1. The number of methoxy groups -OCH3 is 1. The Morgan fingerprint density at radius 1 is 1.25 bits per heavy atom. The van der Waals surface area contributed by atoms with Crippen LogP contribution in [0.3, 0.4) is 0 Å². The maximum Gasteiger partial charge on any atom is 0.223 e. The molecule has 0 unspecified atom stereocenters. The molecule has 0 saturated heterocycles. The zero-order chi connectivity index (χ0) is 14.8. The van der Waals surface area contributed by atoms with Gasteiger partial charge in [0.2, 0.25) is 5.91 Å². The van der Waals surface area contributed by atoms with Crippen molar-refractivity contribution in [1.29, 1.82) is 0 Å². The van der Waals surface area contributed by atoms with Gasteiger partial charge in [-0.05, 0) is 30.8 Å². The van der Waals surface area contributed by atoms with E-state index in [1.54, 1.807) is 19.1 Å². The third-order valence-electron chi connectivity index (χ3n) is 2.95. The van der Waals surface area contributed by atoms with Gasteiger partial charge in [0.15, 0.2) is 0 Å². The molecular formula is C15H24N2O3. The molecule has 1 aromatic rings. The van der Waals surface area contributed by atoms with E-state index >= 15 is 0 Å². The van der Waals surface area contributed by atoms with E-state index in [1.807, 2.05) is 31.2 Å². The summed E-state index contributed by atoms with van der Waals surface area (Å²) in [5.41, 5.74) is 0. The van der Waals surface area contributed by atoms with Crippen molar-refractivity contribution >= 4 is 5.91 Å². The summed E-state index contributed by atoms with van der Waals surface area (Å²) in [4.78, 5) is 13.5. The van der Waals surface area contributed by atoms with E-state index in [0.29, 0.717) is 19.6 Å². The Morgan fingerprint density at radius 3 is 2.50 bits per heavy atom. The molecule has 5 nitrogen and oxygen atoms in total. The Kier molecular flexibility index (Phi) is 7.50. The molecule has 20 heavy (non-hydrogen) atoms. The van der Waals surface area contributed by atoms with Gasteiger partial charge >= 0.3 is 0 Å². The molecule has 0 bridgehead atoms. The normalized spacial score (nSPS) is 10.2. The first kappa shape index (κ1) is 16.3. The second-order valence-corrected chi connectivity index (χ2v) is 4.44. The van der Waals surface area contributed by atoms with Crippen LogP contribution in [0.25, 0.3) is 0 Å². The maximum atomic E-state index is 11.8. The third-order valence-corrected chi connectivity index (χ3v) is 2.95. The van der Waals surface area contributed by atoms with Crippen LogP contribution in [0.15, 0.2) is 24.3 Å². The summed E-state index contributed by atoms with van der Waals surface area (Å²) in [6.45, 7) is 4.69. The number of benzene rings is 1. The van der Waals surface area contributed by atoms with Gasteiger partial charge in [0.25, 0.3) is 0 Å². The zero-order valence-electron chi connectivity index (χ0n) is 12.5. The van der Waals surface area contributed by atoms with Crippen LogP contribution in [-0.2, 0) is 4.79 Å². The van der Waals surface area contributed by atoms with Gasteiger partial charge in [0.1, 0.15) is 18.1 Å². The summed E-state index contributed by atoms with van der Waals surface area (Å²) in [5, 5.41) is 3.14. The second kappa shape index (κ2) is 9.20. The number of likely N-dealkylation sites (N-methyl/N-ethyl adjacent to an activating group) is 1. The third kappa shape index (κ3) is 5.93. The van der Waals surface area contributed by atoms with Crippen molar-refractivity contribution in [1.82, 2.24) is 10.2 Å². The van der Waals surface area contributed by atoms with Gasteiger partial charge in [-0.25, -0.2) is 0 Å². The van der Waals surface area contributed by atoms with Crippen molar-refractivity contribution < 1.29 is 14.3 Å². The lowest BCUT2D eigenvalue weighted by Crippen LogP contribution is -2.33. The molecule has 5 heteroatoms. The molecule has 112 valence electrons. The standard InChI is InChI=1S/C15H24N2O3/c1-4-16-10-9-15(18)17(2)11-12-20-14-7-5-13(19-3)6-8-14/h5-8,16H,4,9-12H2,1-3H3.